The number of piperazine rings is 1. The van der Waals surface area contributed by atoms with Crippen molar-refractivity contribution in [3.63, 3.8) is 0 Å². The van der Waals surface area contributed by atoms with E-state index in [9.17, 15) is 14.0 Å². The number of nitrogens with one attached hydrogen (secondary N) is 1. The number of halogens is 1. The van der Waals surface area contributed by atoms with E-state index in [1.54, 1.807) is 23.1 Å². The van der Waals surface area contributed by atoms with Gasteiger partial charge in [0.15, 0.2) is 0 Å². The summed E-state index contributed by atoms with van der Waals surface area (Å²) < 4.78 is 13.2. The number of hydrogen-bond acceptors (Lipinski definition) is 2. The molecule has 1 saturated heterocycles. The molecule has 1 fully saturated rings. The Bertz CT molecular complexity index is 1060. The monoisotopic (exact) mass is 391 g/mol. The molecule has 0 atom stereocenters. The molecule has 0 saturated carbocycles. The standard InChI is InChI=1S/C23H22FN3O2/c24-19-5-3-4-17(14-19)8-9-22(28)26-10-12-27(13-11-26)23(29)15-18-16-25-21-7-2-1-6-20(18)21/h1-9,14,16,25H,10-13,15H2. The van der Waals surface area contributed by atoms with Crippen LogP contribution in [0.25, 0.3) is 17.0 Å². The molecule has 1 aliphatic heterocycles. The zero-order valence-corrected chi connectivity index (χ0v) is 16.0. The topological polar surface area (TPSA) is 56.4 Å². The minimum Gasteiger partial charge on any atom is -0.361 e. The van der Waals surface area contributed by atoms with Crippen molar-refractivity contribution < 1.29 is 14.0 Å². The number of aromatic amines is 1. The molecule has 4 rings (SSSR count). The average Bonchev–Trinajstić information content (AvgIpc) is 3.15. The lowest BCUT2D eigenvalue weighted by Crippen LogP contribution is -2.50. The summed E-state index contributed by atoms with van der Waals surface area (Å²) in [6.07, 6.45) is 5.30. The van der Waals surface area contributed by atoms with Gasteiger partial charge in [-0.25, -0.2) is 4.39 Å². The molecule has 0 aliphatic carbocycles. The molecule has 29 heavy (non-hydrogen) atoms. The number of carbonyl (C=O) groups excluding carboxylic acids is 2. The zero-order chi connectivity index (χ0) is 20.2. The van der Waals surface area contributed by atoms with E-state index in [1.165, 1.54) is 18.2 Å². The Morgan fingerprint density at radius 2 is 1.76 bits per heavy atom. The number of aromatic nitrogens is 1. The molecule has 2 aromatic carbocycles. The third-order valence-electron chi connectivity index (χ3n) is 5.23. The molecular formula is C23H22FN3O2. The first kappa shape index (κ1) is 18.9. The van der Waals surface area contributed by atoms with Gasteiger partial charge in [0.05, 0.1) is 6.42 Å². The molecule has 5 nitrogen and oxygen atoms in total. The minimum atomic E-state index is -0.332. The number of rotatable bonds is 4. The predicted octanol–water partition coefficient (Wildman–Crippen LogP) is 3.23. The second kappa shape index (κ2) is 8.31. The van der Waals surface area contributed by atoms with Crippen LogP contribution >= 0.6 is 0 Å². The summed E-state index contributed by atoms with van der Waals surface area (Å²) in [5, 5.41) is 1.07. The van der Waals surface area contributed by atoms with E-state index >= 15 is 0 Å². The molecule has 0 radical (unpaired) electrons. The Morgan fingerprint density at radius 3 is 2.55 bits per heavy atom. The molecule has 3 aromatic rings. The molecular weight excluding hydrogens is 369 g/mol. The lowest BCUT2D eigenvalue weighted by molar-refractivity contribution is -0.136. The number of amides is 2. The van der Waals surface area contributed by atoms with Crippen LogP contribution in [0.5, 0.6) is 0 Å². The van der Waals surface area contributed by atoms with Crippen LogP contribution in [0.1, 0.15) is 11.1 Å². The molecule has 1 aliphatic rings. The van der Waals surface area contributed by atoms with Gasteiger partial charge in [-0.05, 0) is 35.4 Å². The Labute approximate surface area is 168 Å². The number of carbonyl (C=O) groups is 2. The average molecular weight is 391 g/mol. The lowest BCUT2D eigenvalue weighted by atomic mass is 10.1. The third-order valence-corrected chi connectivity index (χ3v) is 5.23. The fraction of sp³-hybridized carbons (Fsp3) is 0.217. The molecule has 6 heteroatoms. The first-order valence-corrected chi connectivity index (χ1v) is 9.65. The molecule has 0 unspecified atom stereocenters. The number of fused-ring (bicyclic) bond motifs is 1. The second-order valence-electron chi connectivity index (χ2n) is 7.13. The summed E-state index contributed by atoms with van der Waals surface area (Å²) in [4.78, 5) is 31.8. The van der Waals surface area contributed by atoms with E-state index in [1.807, 2.05) is 35.4 Å². The molecule has 2 amide bonds. The van der Waals surface area contributed by atoms with E-state index in [2.05, 4.69) is 4.98 Å². The van der Waals surface area contributed by atoms with Gasteiger partial charge in [-0.3, -0.25) is 9.59 Å². The normalized spacial score (nSPS) is 14.7. The van der Waals surface area contributed by atoms with E-state index in [0.29, 0.717) is 38.2 Å². The van der Waals surface area contributed by atoms with Crippen LogP contribution in [0.15, 0.2) is 60.8 Å². The molecule has 1 aromatic heterocycles. The van der Waals surface area contributed by atoms with Gasteiger partial charge in [-0.1, -0.05) is 30.3 Å². The maximum atomic E-state index is 13.2. The number of nitrogens with zero attached hydrogens (tertiary/aromatic N) is 2. The van der Waals surface area contributed by atoms with Crippen LogP contribution in [-0.4, -0.2) is 52.8 Å². The SMILES string of the molecule is O=C(C=Cc1cccc(F)c1)N1CCN(C(=O)Cc2c[nH]c3ccccc23)CC1. The van der Waals surface area contributed by atoms with Gasteiger partial charge in [0, 0.05) is 49.4 Å². The number of para-hydroxylation sites is 1. The highest BCUT2D eigenvalue weighted by molar-refractivity contribution is 5.92. The van der Waals surface area contributed by atoms with Crippen molar-refractivity contribution in [2.45, 2.75) is 6.42 Å². The van der Waals surface area contributed by atoms with Crippen molar-refractivity contribution >= 4 is 28.8 Å². The lowest BCUT2D eigenvalue weighted by Gasteiger charge is -2.34. The zero-order valence-electron chi connectivity index (χ0n) is 16.0. The first-order chi connectivity index (χ1) is 14.1. The summed E-state index contributed by atoms with van der Waals surface area (Å²) in [5.74, 6) is -0.392. The van der Waals surface area contributed by atoms with Crippen molar-refractivity contribution in [2.24, 2.45) is 0 Å². The third kappa shape index (κ3) is 4.37. The molecule has 0 spiro atoms. The van der Waals surface area contributed by atoms with Crippen molar-refractivity contribution in [1.82, 2.24) is 14.8 Å². The maximum absolute atomic E-state index is 13.2. The fourth-order valence-corrected chi connectivity index (χ4v) is 3.61. The van der Waals surface area contributed by atoms with Crippen LogP contribution < -0.4 is 0 Å². The van der Waals surface area contributed by atoms with Crippen molar-refractivity contribution in [3.8, 4) is 0 Å². The summed E-state index contributed by atoms with van der Waals surface area (Å²) in [6.45, 7) is 2.01. The Balaban J connectivity index is 1.31. The van der Waals surface area contributed by atoms with Crippen LogP contribution in [0.4, 0.5) is 4.39 Å². The minimum absolute atomic E-state index is 0.0668. The highest BCUT2D eigenvalue weighted by atomic mass is 19.1. The molecule has 2 heterocycles. The molecule has 0 bridgehead atoms. The van der Waals surface area contributed by atoms with Gasteiger partial charge < -0.3 is 14.8 Å². The van der Waals surface area contributed by atoms with Crippen LogP contribution in [-0.2, 0) is 16.0 Å². The van der Waals surface area contributed by atoms with Crippen LogP contribution in [0.2, 0.25) is 0 Å². The number of hydrogen-bond donors (Lipinski definition) is 1. The summed E-state index contributed by atoms with van der Waals surface area (Å²) in [7, 11) is 0. The first-order valence-electron chi connectivity index (χ1n) is 9.65. The smallest absolute Gasteiger partial charge is 0.246 e. The molecule has 148 valence electrons. The van der Waals surface area contributed by atoms with Gasteiger partial charge >= 0.3 is 0 Å². The number of benzene rings is 2. The van der Waals surface area contributed by atoms with Crippen molar-refractivity contribution in [2.75, 3.05) is 26.2 Å². The Hall–Kier alpha value is -3.41. The summed E-state index contributed by atoms with van der Waals surface area (Å²) >= 11 is 0. The quantitative estimate of drug-likeness (QED) is 0.695. The second-order valence-corrected chi connectivity index (χ2v) is 7.13. The maximum Gasteiger partial charge on any atom is 0.246 e. The Kier molecular flexibility index (Phi) is 5.42. The van der Waals surface area contributed by atoms with E-state index in [0.717, 1.165) is 16.5 Å². The summed E-state index contributed by atoms with van der Waals surface area (Å²) in [6, 6.07) is 14.0. The highest BCUT2D eigenvalue weighted by Crippen LogP contribution is 2.19. The largest absolute Gasteiger partial charge is 0.361 e. The van der Waals surface area contributed by atoms with Crippen molar-refractivity contribution in [1.29, 1.82) is 0 Å². The van der Waals surface area contributed by atoms with Gasteiger partial charge in [0.25, 0.3) is 0 Å². The summed E-state index contributed by atoms with van der Waals surface area (Å²) in [5.41, 5.74) is 2.66. The highest BCUT2D eigenvalue weighted by Gasteiger charge is 2.23. The fourth-order valence-electron chi connectivity index (χ4n) is 3.61. The number of H-pyrrole nitrogens is 1. The predicted molar refractivity (Wildman–Crippen MR) is 111 cm³/mol. The van der Waals surface area contributed by atoms with Gasteiger partial charge in [-0.15, -0.1) is 0 Å². The Morgan fingerprint density at radius 1 is 1.00 bits per heavy atom. The van der Waals surface area contributed by atoms with E-state index in [4.69, 9.17) is 0 Å². The van der Waals surface area contributed by atoms with E-state index in [-0.39, 0.29) is 17.6 Å². The van der Waals surface area contributed by atoms with Gasteiger partial charge in [-0.2, -0.15) is 0 Å². The van der Waals surface area contributed by atoms with Crippen LogP contribution in [0.3, 0.4) is 0 Å². The van der Waals surface area contributed by atoms with E-state index < -0.39 is 0 Å². The van der Waals surface area contributed by atoms with Crippen molar-refractivity contribution in [3.05, 3.63) is 77.7 Å². The molecule has 1 N–H and O–H groups in total. The van der Waals surface area contributed by atoms with Gasteiger partial charge in [0.2, 0.25) is 11.8 Å². The van der Waals surface area contributed by atoms with Crippen LogP contribution in [0, 0.1) is 5.82 Å². The van der Waals surface area contributed by atoms with Gasteiger partial charge in [0.1, 0.15) is 5.82 Å².